The van der Waals surface area contributed by atoms with Gasteiger partial charge in [0.25, 0.3) is 6.01 Å². The normalized spacial score (nSPS) is 18.3. The van der Waals surface area contributed by atoms with Crippen LogP contribution in [0, 0.1) is 0 Å². The minimum atomic E-state index is -0.760. The molecule has 2 heterocycles. The van der Waals surface area contributed by atoms with E-state index in [2.05, 4.69) is 4.98 Å². The van der Waals surface area contributed by atoms with Crippen LogP contribution in [0.1, 0.15) is 31.3 Å². The van der Waals surface area contributed by atoms with Gasteiger partial charge in [0.15, 0.2) is 5.69 Å². The molecule has 1 aromatic rings. The maximum atomic E-state index is 12.2. The van der Waals surface area contributed by atoms with Crippen molar-refractivity contribution in [3.8, 4) is 0 Å². The summed E-state index contributed by atoms with van der Waals surface area (Å²) < 4.78 is 10.2. The number of anilines is 1. The zero-order valence-electron chi connectivity index (χ0n) is 12.2. The van der Waals surface area contributed by atoms with Crippen LogP contribution in [-0.4, -0.2) is 54.0 Å². The van der Waals surface area contributed by atoms with E-state index in [1.807, 2.05) is 0 Å². The Kier molecular flexibility index (Phi) is 3.69. The average Bonchev–Trinajstić information content (AvgIpc) is 2.86. The van der Waals surface area contributed by atoms with Gasteiger partial charge in [0.1, 0.15) is 11.8 Å². The van der Waals surface area contributed by atoms with Crippen molar-refractivity contribution in [1.29, 1.82) is 0 Å². The molecule has 1 amide bonds. The monoisotopic (exact) mass is 281 g/mol. The van der Waals surface area contributed by atoms with Gasteiger partial charge in [-0.2, -0.15) is 4.98 Å². The first-order valence-electron chi connectivity index (χ1n) is 6.53. The second-order valence-corrected chi connectivity index (χ2v) is 5.17. The van der Waals surface area contributed by atoms with E-state index in [0.717, 1.165) is 0 Å². The van der Waals surface area contributed by atoms with Crippen molar-refractivity contribution in [2.45, 2.75) is 26.3 Å². The van der Waals surface area contributed by atoms with Crippen LogP contribution in [0.15, 0.2) is 10.7 Å². The number of hydrogen-bond donors (Lipinski definition) is 0. The van der Waals surface area contributed by atoms with Crippen molar-refractivity contribution in [2.24, 2.45) is 0 Å². The lowest BCUT2D eigenvalue weighted by Crippen LogP contribution is -2.62. The highest BCUT2D eigenvalue weighted by atomic mass is 16.5. The summed E-state index contributed by atoms with van der Waals surface area (Å²) in [5.74, 6) is -0.541. The highest BCUT2D eigenvalue weighted by Crippen LogP contribution is 2.27. The molecule has 1 saturated heterocycles. The number of aromatic nitrogens is 1. The number of carbonyl (C=O) groups is 2. The standard InChI is InChI=1S/C13H19N3O4/c1-5-19-10(17)9-8-20-12(14-9)16-7-6-15(4)11(18)13(16,2)3/h8H,5-7H2,1-4H3. The van der Waals surface area contributed by atoms with Crippen LogP contribution in [-0.2, 0) is 9.53 Å². The van der Waals surface area contributed by atoms with E-state index in [0.29, 0.717) is 13.1 Å². The molecule has 7 heteroatoms. The van der Waals surface area contributed by atoms with E-state index in [1.54, 1.807) is 37.6 Å². The van der Waals surface area contributed by atoms with Crippen LogP contribution in [0.2, 0.25) is 0 Å². The van der Waals surface area contributed by atoms with Crippen LogP contribution in [0.5, 0.6) is 0 Å². The van der Waals surface area contributed by atoms with Crippen LogP contribution in [0.25, 0.3) is 0 Å². The third-order valence-corrected chi connectivity index (χ3v) is 3.41. The third kappa shape index (κ3) is 2.35. The number of amides is 1. The van der Waals surface area contributed by atoms with Crippen molar-refractivity contribution >= 4 is 17.9 Å². The molecular formula is C13H19N3O4. The fourth-order valence-electron chi connectivity index (χ4n) is 2.24. The molecule has 1 aliphatic rings. The van der Waals surface area contributed by atoms with Crippen molar-refractivity contribution in [3.05, 3.63) is 12.0 Å². The Hall–Kier alpha value is -2.05. The maximum Gasteiger partial charge on any atom is 0.360 e. The summed E-state index contributed by atoms with van der Waals surface area (Å²) in [5, 5.41) is 0. The van der Waals surface area contributed by atoms with Gasteiger partial charge in [-0.3, -0.25) is 4.79 Å². The molecule has 0 radical (unpaired) electrons. The molecule has 1 aliphatic heterocycles. The molecule has 1 aromatic heterocycles. The predicted octanol–water partition coefficient (Wildman–Crippen LogP) is 0.908. The summed E-state index contributed by atoms with van der Waals surface area (Å²) in [6, 6.07) is 0.263. The molecule has 7 nitrogen and oxygen atoms in total. The molecule has 2 rings (SSSR count). The van der Waals surface area contributed by atoms with Crippen LogP contribution in [0.3, 0.4) is 0 Å². The van der Waals surface area contributed by atoms with E-state index < -0.39 is 11.5 Å². The molecule has 110 valence electrons. The van der Waals surface area contributed by atoms with Crippen LogP contribution < -0.4 is 4.90 Å². The van der Waals surface area contributed by atoms with Gasteiger partial charge in [0, 0.05) is 20.1 Å². The minimum Gasteiger partial charge on any atom is -0.461 e. The number of ether oxygens (including phenoxy) is 1. The fourth-order valence-corrected chi connectivity index (χ4v) is 2.24. The lowest BCUT2D eigenvalue weighted by molar-refractivity contribution is -0.136. The first-order chi connectivity index (χ1) is 9.37. The summed E-state index contributed by atoms with van der Waals surface area (Å²) >= 11 is 0. The average molecular weight is 281 g/mol. The lowest BCUT2D eigenvalue weighted by atomic mass is 9.98. The molecule has 20 heavy (non-hydrogen) atoms. The summed E-state index contributed by atoms with van der Waals surface area (Å²) in [4.78, 5) is 31.3. The summed E-state index contributed by atoms with van der Waals surface area (Å²) in [7, 11) is 1.76. The molecule has 1 fully saturated rings. The zero-order chi connectivity index (χ0) is 14.9. The second kappa shape index (κ2) is 5.15. The number of rotatable bonds is 3. The summed E-state index contributed by atoms with van der Waals surface area (Å²) in [5.41, 5.74) is -0.645. The Labute approximate surface area is 117 Å². The van der Waals surface area contributed by atoms with E-state index in [-0.39, 0.29) is 24.2 Å². The topological polar surface area (TPSA) is 75.9 Å². The summed E-state index contributed by atoms with van der Waals surface area (Å²) in [6.45, 7) is 6.79. The zero-order valence-corrected chi connectivity index (χ0v) is 12.2. The molecule has 0 atom stereocenters. The molecule has 0 spiro atoms. The number of piperazine rings is 1. The molecule has 0 unspecified atom stereocenters. The fraction of sp³-hybridized carbons (Fsp3) is 0.615. The first-order valence-corrected chi connectivity index (χ1v) is 6.53. The molecule has 0 N–H and O–H groups in total. The Morgan fingerprint density at radius 1 is 1.50 bits per heavy atom. The molecule has 0 saturated carbocycles. The van der Waals surface area contributed by atoms with Crippen molar-refractivity contribution in [1.82, 2.24) is 9.88 Å². The smallest absolute Gasteiger partial charge is 0.360 e. The minimum absolute atomic E-state index is 0.0142. The van der Waals surface area contributed by atoms with Gasteiger partial charge in [0.2, 0.25) is 5.91 Å². The molecule has 0 aliphatic carbocycles. The SMILES string of the molecule is CCOC(=O)c1coc(N2CCN(C)C(=O)C2(C)C)n1. The van der Waals surface area contributed by atoms with Crippen molar-refractivity contribution in [3.63, 3.8) is 0 Å². The lowest BCUT2D eigenvalue weighted by Gasteiger charge is -2.43. The number of nitrogens with zero attached hydrogens (tertiary/aromatic N) is 3. The second-order valence-electron chi connectivity index (χ2n) is 5.17. The van der Waals surface area contributed by atoms with Crippen molar-refractivity contribution in [2.75, 3.05) is 31.6 Å². The van der Waals surface area contributed by atoms with E-state index in [4.69, 9.17) is 9.15 Å². The number of hydrogen-bond acceptors (Lipinski definition) is 6. The molecule has 0 bridgehead atoms. The highest BCUT2D eigenvalue weighted by Gasteiger charge is 2.42. The number of esters is 1. The van der Waals surface area contributed by atoms with E-state index in [9.17, 15) is 9.59 Å². The van der Waals surface area contributed by atoms with Crippen molar-refractivity contribution < 1.29 is 18.7 Å². The van der Waals surface area contributed by atoms with Gasteiger partial charge in [-0.05, 0) is 20.8 Å². The van der Waals surface area contributed by atoms with Gasteiger partial charge in [-0.25, -0.2) is 4.79 Å². The third-order valence-electron chi connectivity index (χ3n) is 3.41. The van der Waals surface area contributed by atoms with Gasteiger partial charge in [0.05, 0.1) is 6.61 Å². The largest absolute Gasteiger partial charge is 0.461 e. The summed E-state index contributed by atoms with van der Waals surface area (Å²) in [6.07, 6.45) is 1.26. The first kappa shape index (κ1) is 14.4. The highest BCUT2D eigenvalue weighted by molar-refractivity contribution is 5.90. The quantitative estimate of drug-likeness (QED) is 0.766. The number of likely N-dealkylation sites (N-methyl/N-ethyl adjacent to an activating group) is 1. The van der Waals surface area contributed by atoms with Crippen LogP contribution >= 0.6 is 0 Å². The van der Waals surface area contributed by atoms with Gasteiger partial charge < -0.3 is 19.0 Å². The Bertz CT molecular complexity index is 523. The number of oxazole rings is 1. The van der Waals surface area contributed by atoms with Gasteiger partial charge >= 0.3 is 5.97 Å². The van der Waals surface area contributed by atoms with Gasteiger partial charge in [-0.15, -0.1) is 0 Å². The Morgan fingerprint density at radius 3 is 2.85 bits per heavy atom. The maximum absolute atomic E-state index is 12.2. The van der Waals surface area contributed by atoms with E-state index >= 15 is 0 Å². The Balaban J connectivity index is 2.23. The van der Waals surface area contributed by atoms with E-state index in [1.165, 1.54) is 6.26 Å². The number of carbonyl (C=O) groups excluding carboxylic acids is 2. The Morgan fingerprint density at radius 2 is 2.20 bits per heavy atom. The predicted molar refractivity (Wildman–Crippen MR) is 71.5 cm³/mol. The van der Waals surface area contributed by atoms with Gasteiger partial charge in [-0.1, -0.05) is 0 Å². The molecule has 0 aromatic carbocycles. The molecular weight excluding hydrogens is 262 g/mol. The van der Waals surface area contributed by atoms with Crippen LogP contribution in [0.4, 0.5) is 6.01 Å².